The number of aromatic nitrogens is 3. The van der Waals surface area contributed by atoms with Gasteiger partial charge in [-0.25, -0.2) is 19.6 Å². The highest BCUT2D eigenvalue weighted by Crippen LogP contribution is 2.22. The fourth-order valence-electron chi connectivity index (χ4n) is 5.41. The van der Waals surface area contributed by atoms with Gasteiger partial charge in [0, 0.05) is 69.5 Å². The van der Waals surface area contributed by atoms with Gasteiger partial charge < -0.3 is 29.7 Å². The van der Waals surface area contributed by atoms with Gasteiger partial charge >= 0.3 is 18.2 Å². The van der Waals surface area contributed by atoms with Crippen LogP contribution in [0.2, 0.25) is 0 Å². The smallest absolute Gasteiger partial charge is 0.410 e. The second-order valence-corrected chi connectivity index (χ2v) is 16.1. The largest absolute Gasteiger partial charge is 0.459 e. The first-order valence-electron chi connectivity index (χ1n) is 19.1. The Bertz CT molecular complexity index is 1670. The quantitative estimate of drug-likeness (QED) is 0.144. The number of ether oxygens (including phenoxy) is 3. The summed E-state index contributed by atoms with van der Waals surface area (Å²) in [5, 5.41) is 6.02. The van der Waals surface area contributed by atoms with Crippen LogP contribution in [0.25, 0.3) is 11.3 Å². The number of carbonyl (C=O) groups is 3. The summed E-state index contributed by atoms with van der Waals surface area (Å²) in [5.74, 6) is 0.266. The monoisotopic (exact) mass is 762 g/mol. The highest BCUT2D eigenvalue weighted by molar-refractivity contribution is 5.72. The predicted molar refractivity (Wildman–Crippen MR) is 215 cm³/mol. The summed E-state index contributed by atoms with van der Waals surface area (Å²) in [7, 11) is 0. The van der Waals surface area contributed by atoms with Gasteiger partial charge in [-0.1, -0.05) is 26.0 Å². The van der Waals surface area contributed by atoms with Gasteiger partial charge in [-0.3, -0.25) is 19.6 Å². The highest BCUT2D eigenvalue weighted by atomic mass is 16.6. The van der Waals surface area contributed by atoms with Crippen molar-refractivity contribution in [3.05, 3.63) is 66.1 Å². The van der Waals surface area contributed by atoms with Crippen LogP contribution in [0.3, 0.4) is 0 Å². The fourth-order valence-corrected chi connectivity index (χ4v) is 5.41. The average molecular weight is 763 g/mol. The first-order valence-corrected chi connectivity index (χ1v) is 19.1. The number of benzene rings is 1. The van der Waals surface area contributed by atoms with Crippen LogP contribution in [-0.2, 0) is 32.1 Å². The number of carbonyl (C=O) groups excluding carboxylic acids is 3. The normalized spacial score (nSPS) is 13.9. The van der Waals surface area contributed by atoms with E-state index in [-0.39, 0.29) is 25.6 Å². The Morgan fingerprint density at radius 2 is 1.45 bits per heavy atom. The molecule has 3 aromatic rings. The molecule has 1 aliphatic heterocycles. The molecule has 0 atom stereocenters. The number of nitrogens with one attached hydrogen (secondary N) is 2. The molecule has 2 aromatic heterocycles. The Kier molecular flexibility index (Phi) is 16.4. The van der Waals surface area contributed by atoms with Crippen LogP contribution in [0.4, 0.5) is 21.2 Å². The molecule has 55 heavy (non-hydrogen) atoms. The zero-order valence-electron chi connectivity index (χ0n) is 34.7. The SMILES string of the molecule is CC.CC(C)(C)OC(=O)CN1CCN(Cc2cccc(Nc3nccc(-c4ccc(CN(CCNC(=O)OC(C)(C)C)C(=O)OC(C)(C)C)nc4)n3)c2)CC1. The number of hydrogen-bond acceptors (Lipinski definition) is 12. The van der Waals surface area contributed by atoms with E-state index in [1.165, 1.54) is 4.90 Å². The molecule has 2 N–H and O–H groups in total. The summed E-state index contributed by atoms with van der Waals surface area (Å²) in [4.78, 5) is 57.2. The Balaban J connectivity index is 0.00000399. The first kappa shape index (κ1) is 44.6. The van der Waals surface area contributed by atoms with E-state index >= 15 is 0 Å². The molecule has 1 fully saturated rings. The molecule has 0 saturated carbocycles. The predicted octanol–water partition coefficient (Wildman–Crippen LogP) is 7.03. The van der Waals surface area contributed by atoms with Gasteiger partial charge in [0.05, 0.1) is 24.5 Å². The van der Waals surface area contributed by atoms with Crippen molar-refractivity contribution in [3.8, 4) is 11.3 Å². The lowest BCUT2D eigenvalue weighted by molar-refractivity contribution is -0.156. The van der Waals surface area contributed by atoms with Crippen LogP contribution in [0, 0.1) is 0 Å². The summed E-state index contributed by atoms with van der Waals surface area (Å²) >= 11 is 0. The van der Waals surface area contributed by atoms with Crippen molar-refractivity contribution in [2.45, 2.75) is 106 Å². The highest BCUT2D eigenvalue weighted by Gasteiger charge is 2.25. The summed E-state index contributed by atoms with van der Waals surface area (Å²) in [6.07, 6.45) is 2.34. The lowest BCUT2D eigenvalue weighted by atomic mass is 10.1. The minimum absolute atomic E-state index is 0.180. The molecule has 14 heteroatoms. The van der Waals surface area contributed by atoms with Crippen molar-refractivity contribution < 1.29 is 28.6 Å². The van der Waals surface area contributed by atoms with Gasteiger partial charge in [-0.2, -0.15) is 0 Å². The molecule has 302 valence electrons. The maximum absolute atomic E-state index is 13.0. The van der Waals surface area contributed by atoms with E-state index in [0.717, 1.165) is 49.5 Å². The van der Waals surface area contributed by atoms with Gasteiger partial charge in [0.1, 0.15) is 16.8 Å². The maximum atomic E-state index is 13.0. The standard InChI is InChI=1S/C39H56N8O6.C2H6/c1-37(2,3)51-33(48)27-46-21-19-45(20-22-46)25-28-11-10-12-30(23-28)43-34-40-16-15-32(44-34)29-13-14-31(42-24-29)26-47(36(50)53-39(7,8)9)18-17-41-35(49)52-38(4,5)6;1-2/h10-16,23-24H,17-22,25-27H2,1-9H3,(H,41,49)(H,40,43,44);1-2H3. The number of alkyl carbamates (subject to hydrolysis) is 1. The Morgan fingerprint density at radius 3 is 2.07 bits per heavy atom. The summed E-state index contributed by atoms with van der Waals surface area (Å²) in [6.45, 7) is 25.4. The maximum Gasteiger partial charge on any atom is 0.410 e. The number of hydrogen-bond donors (Lipinski definition) is 2. The van der Waals surface area contributed by atoms with Crippen LogP contribution in [0.1, 0.15) is 87.4 Å². The number of rotatable bonds is 12. The molecule has 1 aliphatic rings. The zero-order valence-corrected chi connectivity index (χ0v) is 34.7. The summed E-state index contributed by atoms with van der Waals surface area (Å²) in [6, 6.07) is 13.7. The molecule has 0 spiro atoms. The molecule has 0 bridgehead atoms. The number of amides is 2. The zero-order chi connectivity index (χ0) is 40.8. The average Bonchev–Trinajstić information content (AvgIpc) is 3.08. The summed E-state index contributed by atoms with van der Waals surface area (Å²) in [5.41, 5.74) is 2.36. The van der Waals surface area contributed by atoms with E-state index in [2.05, 4.69) is 42.5 Å². The van der Waals surface area contributed by atoms with Crippen molar-refractivity contribution in [2.24, 2.45) is 0 Å². The second kappa shape index (κ2) is 20.2. The molecule has 0 radical (unpaired) electrons. The van der Waals surface area contributed by atoms with Crippen LogP contribution in [0.15, 0.2) is 54.9 Å². The molecule has 0 unspecified atom stereocenters. The molecule has 0 aliphatic carbocycles. The number of esters is 1. The van der Waals surface area contributed by atoms with Gasteiger partial charge in [0.2, 0.25) is 5.95 Å². The first-order chi connectivity index (χ1) is 25.8. The summed E-state index contributed by atoms with van der Waals surface area (Å²) < 4.78 is 16.4. The molecule has 1 saturated heterocycles. The number of pyridine rings is 1. The van der Waals surface area contributed by atoms with Gasteiger partial charge in [0.25, 0.3) is 0 Å². The Hall–Kier alpha value is -4.82. The van der Waals surface area contributed by atoms with Crippen molar-refractivity contribution in [1.29, 1.82) is 0 Å². The second-order valence-electron chi connectivity index (χ2n) is 16.1. The van der Waals surface area contributed by atoms with Crippen LogP contribution >= 0.6 is 0 Å². The number of piperazine rings is 1. The molecular formula is C41H62N8O6. The van der Waals surface area contributed by atoms with Crippen LogP contribution in [0.5, 0.6) is 0 Å². The van der Waals surface area contributed by atoms with Gasteiger partial charge in [-0.05, 0) is 98.2 Å². The number of nitrogens with zero attached hydrogens (tertiary/aromatic N) is 6. The van der Waals surface area contributed by atoms with Crippen molar-refractivity contribution in [3.63, 3.8) is 0 Å². The third kappa shape index (κ3) is 17.0. The van der Waals surface area contributed by atoms with E-state index < -0.39 is 29.0 Å². The molecule has 2 amide bonds. The van der Waals surface area contributed by atoms with E-state index in [1.807, 2.05) is 65.0 Å². The van der Waals surface area contributed by atoms with E-state index in [9.17, 15) is 14.4 Å². The molecular weight excluding hydrogens is 701 g/mol. The number of anilines is 2. The minimum atomic E-state index is -0.688. The molecule has 1 aromatic carbocycles. The van der Waals surface area contributed by atoms with Gasteiger partial charge in [0.15, 0.2) is 0 Å². The lowest BCUT2D eigenvalue weighted by Crippen LogP contribution is -2.48. The van der Waals surface area contributed by atoms with Crippen LogP contribution in [-0.4, -0.2) is 110 Å². The third-order valence-electron chi connectivity index (χ3n) is 7.66. The van der Waals surface area contributed by atoms with Gasteiger partial charge in [-0.15, -0.1) is 0 Å². The lowest BCUT2D eigenvalue weighted by Gasteiger charge is -2.34. The van der Waals surface area contributed by atoms with E-state index in [1.54, 1.807) is 53.9 Å². The van der Waals surface area contributed by atoms with Crippen molar-refractivity contribution in [2.75, 3.05) is 51.1 Å². The molecule has 4 rings (SSSR count). The fraction of sp³-hybridized carbons (Fsp3) is 0.561. The van der Waals surface area contributed by atoms with Crippen molar-refractivity contribution >= 4 is 29.8 Å². The van der Waals surface area contributed by atoms with Crippen LogP contribution < -0.4 is 10.6 Å². The van der Waals surface area contributed by atoms with Crippen molar-refractivity contribution in [1.82, 2.24) is 35.0 Å². The van der Waals surface area contributed by atoms with E-state index in [4.69, 9.17) is 19.2 Å². The topological polar surface area (TPSA) is 151 Å². The third-order valence-corrected chi connectivity index (χ3v) is 7.66. The Labute approximate surface area is 327 Å². The molecule has 3 heterocycles. The molecule has 14 nitrogen and oxygen atoms in total. The minimum Gasteiger partial charge on any atom is -0.459 e. The van der Waals surface area contributed by atoms with E-state index in [0.29, 0.717) is 23.9 Å². The Morgan fingerprint density at radius 1 is 0.800 bits per heavy atom.